The molecule has 1 aromatic rings. The van der Waals surface area contributed by atoms with Crippen molar-refractivity contribution in [2.24, 2.45) is 0 Å². The van der Waals surface area contributed by atoms with Crippen LogP contribution in [0.15, 0.2) is 6.20 Å². The second-order valence-electron chi connectivity index (χ2n) is 10.1. The summed E-state index contributed by atoms with van der Waals surface area (Å²) in [6.45, 7) is 1.55. The largest absolute Gasteiger partial charge is 0.394 e. The van der Waals surface area contributed by atoms with E-state index in [-0.39, 0.29) is 36.2 Å². The molecule has 14 nitrogen and oxygen atoms in total. The van der Waals surface area contributed by atoms with E-state index in [1.165, 1.54) is 48.3 Å². The predicted molar refractivity (Wildman–Crippen MR) is 147 cm³/mol. The number of unbranched alkanes of at least 4 members (excludes halogenated alkanes) is 7. The van der Waals surface area contributed by atoms with E-state index in [1.54, 1.807) is 0 Å². The highest BCUT2D eigenvalue weighted by molar-refractivity contribution is 7.99. The van der Waals surface area contributed by atoms with Crippen LogP contribution < -0.4 is 10.6 Å². The van der Waals surface area contributed by atoms with Gasteiger partial charge in [-0.2, -0.15) is 11.8 Å². The van der Waals surface area contributed by atoms with Crippen molar-refractivity contribution in [1.82, 2.24) is 20.3 Å². The van der Waals surface area contributed by atoms with Crippen molar-refractivity contribution < 1.29 is 45.0 Å². The zero-order valence-electron chi connectivity index (χ0n) is 23.0. The number of thioether (sulfide) groups is 1. The van der Waals surface area contributed by atoms with Gasteiger partial charge in [-0.1, -0.05) is 57.1 Å². The Morgan fingerprint density at radius 1 is 1.05 bits per heavy atom. The first-order valence-corrected chi connectivity index (χ1v) is 15.1. The lowest BCUT2D eigenvalue weighted by Gasteiger charge is -2.20. The number of amides is 2. The molecular formula is C25H45N5O9S. The summed E-state index contributed by atoms with van der Waals surface area (Å²) < 4.78 is 6.17. The van der Waals surface area contributed by atoms with Crippen LogP contribution in [-0.2, 0) is 20.9 Å². The number of nitrogens with zero attached hydrogens (tertiary/aromatic N) is 3. The number of rotatable bonds is 20. The normalized spacial score (nSPS) is 23.1. The van der Waals surface area contributed by atoms with Gasteiger partial charge in [0.15, 0.2) is 12.1 Å². The van der Waals surface area contributed by atoms with Gasteiger partial charge in [-0.25, -0.2) is 4.68 Å². The molecule has 0 radical (unpaired) electrons. The monoisotopic (exact) mass is 591 g/mol. The Balaban J connectivity index is 1.86. The van der Waals surface area contributed by atoms with Crippen LogP contribution in [0.25, 0.3) is 0 Å². The van der Waals surface area contributed by atoms with Crippen molar-refractivity contribution >= 4 is 29.4 Å². The maximum absolute atomic E-state index is 13.0. The number of carbonyl (C=O) groups is 2. The standard InChI is InChI=1S/C25H45N5O9S/c1-2-3-4-5-6-7-8-9-10-20(34)26-17(15-40-14-16(32)13-31)24(37)27-19-12-30(29-28-19)11-18(33)23-21(35)22(36)25(38)39-23/h12,16-18,21-23,25,31-33,35-36,38H,2-11,13-15H2,1H3,(H,26,34)(H,27,37)/t16?,17?,18?,21-,22-,23?,25?/m0/s1. The highest BCUT2D eigenvalue weighted by Gasteiger charge is 2.45. The second-order valence-corrected chi connectivity index (χ2v) is 11.1. The molecule has 0 bridgehead atoms. The van der Waals surface area contributed by atoms with Crippen molar-refractivity contribution in [2.75, 3.05) is 23.4 Å². The number of ether oxygens (including phenoxy) is 1. The molecule has 40 heavy (non-hydrogen) atoms. The van der Waals surface area contributed by atoms with Crippen LogP contribution in [0.5, 0.6) is 0 Å². The lowest BCUT2D eigenvalue weighted by Crippen LogP contribution is -2.45. The van der Waals surface area contributed by atoms with Gasteiger partial charge in [-0.3, -0.25) is 9.59 Å². The number of aromatic nitrogens is 3. The third kappa shape index (κ3) is 11.9. The highest BCUT2D eigenvalue weighted by atomic mass is 32.2. The van der Waals surface area contributed by atoms with E-state index in [0.29, 0.717) is 6.42 Å². The fraction of sp³-hybridized carbons (Fsp3) is 0.840. The average molecular weight is 592 g/mol. The third-order valence-corrected chi connectivity index (χ3v) is 7.72. The van der Waals surface area contributed by atoms with Gasteiger partial charge in [0.1, 0.15) is 30.5 Å². The molecule has 1 aliphatic rings. The van der Waals surface area contributed by atoms with Gasteiger partial charge in [0.25, 0.3) is 0 Å². The zero-order valence-corrected chi connectivity index (χ0v) is 23.8. The molecule has 5 unspecified atom stereocenters. The number of anilines is 1. The molecule has 1 aromatic heterocycles. The zero-order chi connectivity index (χ0) is 29.5. The fourth-order valence-electron chi connectivity index (χ4n) is 4.20. The van der Waals surface area contributed by atoms with Gasteiger partial charge in [-0.15, -0.1) is 5.10 Å². The first-order valence-electron chi connectivity index (χ1n) is 13.9. The quantitative estimate of drug-likeness (QED) is 0.0867. The summed E-state index contributed by atoms with van der Waals surface area (Å²) in [5, 5.41) is 71.0. The molecule has 1 saturated heterocycles. The van der Waals surface area contributed by atoms with Crippen LogP contribution in [0.2, 0.25) is 0 Å². The number of carbonyl (C=O) groups excluding carboxylic acids is 2. The lowest BCUT2D eigenvalue weighted by atomic mass is 10.1. The van der Waals surface area contributed by atoms with Crippen LogP contribution in [0.3, 0.4) is 0 Å². The molecule has 0 spiro atoms. The Labute approximate surface area is 238 Å². The van der Waals surface area contributed by atoms with Crippen LogP contribution in [-0.4, -0.2) is 118 Å². The van der Waals surface area contributed by atoms with Gasteiger partial charge >= 0.3 is 0 Å². The number of aliphatic hydroxyl groups is 6. The minimum atomic E-state index is -1.63. The van der Waals surface area contributed by atoms with E-state index < -0.39 is 55.4 Å². The number of hydrogen-bond acceptors (Lipinski definition) is 12. The minimum Gasteiger partial charge on any atom is -0.394 e. The molecule has 2 amide bonds. The molecular weight excluding hydrogens is 546 g/mol. The molecule has 15 heteroatoms. The highest BCUT2D eigenvalue weighted by Crippen LogP contribution is 2.23. The van der Waals surface area contributed by atoms with E-state index >= 15 is 0 Å². The maximum Gasteiger partial charge on any atom is 0.249 e. The Morgan fingerprint density at radius 2 is 1.73 bits per heavy atom. The van der Waals surface area contributed by atoms with E-state index in [1.807, 2.05) is 0 Å². The van der Waals surface area contributed by atoms with Gasteiger partial charge in [0.2, 0.25) is 11.8 Å². The van der Waals surface area contributed by atoms with Crippen molar-refractivity contribution in [1.29, 1.82) is 0 Å². The summed E-state index contributed by atoms with van der Waals surface area (Å²) >= 11 is 1.21. The maximum atomic E-state index is 13.0. The average Bonchev–Trinajstić information content (AvgIpc) is 3.47. The summed E-state index contributed by atoms with van der Waals surface area (Å²) in [5.74, 6) is -0.432. The summed E-state index contributed by atoms with van der Waals surface area (Å²) in [7, 11) is 0. The van der Waals surface area contributed by atoms with Gasteiger partial charge in [0, 0.05) is 17.9 Å². The van der Waals surface area contributed by atoms with E-state index in [9.17, 15) is 35.1 Å². The van der Waals surface area contributed by atoms with E-state index in [2.05, 4.69) is 27.9 Å². The first-order chi connectivity index (χ1) is 19.2. The Bertz CT molecular complexity index is 879. The van der Waals surface area contributed by atoms with Crippen molar-refractivity contribution in [2.45, 2.75) is 114 Å². The molecule has 1 fully saturated rings. The van der Waals surface area contributed by atoms with Gasteiger partial charge in [-0.05, 0) is 6.42 Å². The van der Waals surface area contributed by atoms with Crippen LogP contribution in [0, 0.1) is 0 Å². The van der Waals surface area contributed by atoms with E-state index in [4.69, 9.17) is 9.84 Å². The molecule has 7 atom stereocenters. The van der Waals surface area contributed by atoms with Crippen molar-refractivity contribution in [3.63, 3.8) is 0 Å². The molecule has 0 aliphatic carbocycles. The summed E-state index contributed by atoms with van der Waals surface area (Å²) in [6, 6.07) is -0.932. The second kappa shape index (κ2) is 18.6. The minimum absolute atomic E-state index is 0.0490. The molecule has 1 aliphatic heterocycles. The predicted octanol–water partition coefficient (Wildman–Crippen LogP) is -0.881. The van der Waals surface area contributed by atoms with Crippen LogP contribution in [0.4, 0.5) is 5.82 Å². The number of aliphatic hydroxyl groups excluding tert-OH is 6. The first kappa shape index (κ1) is 34.4. The summed E-state index contributed by atoms with van der Waals surface area (Å²) in [5.41, 5.74) is 0. The van der Waals surface area contributed by atoms with E-state index in [0.717, 1.165) is 19.3 Å². The van der Waals surface area contributed by atoms with Crippen LogP contribution >= 0.6 is 11.8 Å². The SMILES string of the molecule is CCCCCCCCCCC(=O)NC(CSCC(O)CO)C(=O)Nc1cn(CC(O)C2OC(O)[C@@H](O)[C@@H]2O)nn1. The van der Waals surface area contributed by atoms with Gasteiger partial charge in [0.05, 0.1) is 25.5 Å². The van der Waals surface area contributed by atoms with Crippen molar-refractivity contribution in [3.8, 4) is 0 Å². The molecule has 2 heterocycles. The van der Waals surface area contributed by atoms with Crippen molar-refractivity contribution in [3.05, 3.63) is 6.20 Å². The molecule has 230 valence electrons. The molecule has 2 rings (SSSR count). The molecule has 0 aromatic carbocycles. The Kier molecular flexibility index (Phi) is 15.9. The Morgan fingerprint density at radius 3 is 2.35 bits per heavy atom. The molecule has 0 saturated carbocycles. The smallest absolute Gasteiger partial charge is 0.249 e. The summed E-state index contributed by atoms with van der Waals surface area (Å²) in [6.07, 6.45) is 2.14. The third-order valence-electron chi connectivity index (χ3n) is 6.53. The lowest BCUT2D eigenvalue weighted by molar-refractivity contribution is -0.147. The Hall–Kier alpha value is -1.85. The van der Waals surface area contributed by atoms with Gasteiger partial charge < -0.3 is 46.0 Å². The topological polar surface area (TPSA) is 220 Å². The number of hydrogen-bond donors (Lipinski definition) is 8. The summed E-state index contributed by atoms with van der Waals surface area (Å²) in [4.78, 5) is 25.5. The molecule has 8 N–H and O–H groups in total. The van der Waals surface area contributed by atoms with Crippen LogP contribution in [0.1, 0.15) is 64.7 Å². The number of nitrogens with one attached hydrogen (secondary N) is 2. The fourth-order valence-corrected chi connectivity index (χ4v) is 5.18.